The predicted octanol–water partition coefficient (Wildman–Crippen LogP) is 3.97. The molecule has 1 aromatic carbocycles. The van der Waals surface area contributed by atoms with Crippen molar-refractivity contribution in [3.05, 3.63) is 52.4 Å². The molecule has 2 aromatic heterocycles. The van der Waals surface area contributed by atoms with Crippen LogP contribution in [0.3, 0.4) is 0 Å². The van der Waals surface area contributed by atoms with Crippen LogP contribution in [0.4, 0.5) is 11.6 Å². The summed E-state index contributed by atoms with van der Waals surface area (Å²) in [5.41, 5.74) is 0.750. The molecule has 0 spiro atoms. The number of hydrogen-bond acceptors (Lipinski definition) is 5. The Morgan fingerprint density at radius 3 is 2.16 bits per heavy atom. The van der Waals surface area contributed by atoms with Gasteiger partial charge in [-0.05, 0) is 31.2 Å². The van der Waals surface area contributed by atoms with E-state index >= 15 is 0 Å². The van der Waals surface area contributed by atoms with Crippen LogP contribution in [0.2, 0.25) is 10.0 Å². The van der Waals surface area contributed by atoms with Crippen molar-refractivity contribution >= 4 is 45.7 Å². The number of fused-ring (bicyclic) bond motifs is 1. The molecule has 0 saturated carbocycles. The monoisotopic (exact) mass is 373 g/mol. The van der Waals surface area contributed by atoms with E-state index in [9.17, 15) is 0 Å². The highest BCUT2D eigenvalue weighted by Gasteiger charge is 2.20. The van der Waals surface area contributed by atoms with Crippen LogP contribution in [0.1, 0.15) is 5.82 Å². The number of halogens is 2. The van der Waals surface area contributed by atoms with Crippen LogP contribution >= 0.6 is 23.2 Å². The lowest BCUT2D eigenvalue weighted by Gasteiger charge is -2.36. The SMILES string of the molecule is Cc1nccc(N2CCN(c3ccc4ccc(Cl)c(Cl)c4n3)CC2)n1. The van der Waals surface area contributed by atoms with E-state index in [2.05, 4.69) is 19.8 Å². The molecular formula is C18H17Cl2N5. The fourth-order valence-electron chi connectivity index (χ4n) is 3.08. The highest BCUT2D eigenvalue weighted by Crippen LogP contribution is 2.31. The van der Waals surface area contributed by atoms with Crippen LogP contribution in [0.25, 0.3) is 10.9 Å². The van der Waals surface area contributed by atoms with E-state index in [0.29, 0.717) is 10.0 Å². The average Bonchev–Trinajstić information content (AvgIpc) is 2.65. The summed E-state index contributed by atoms with van der Waals surface area (Å²) >= 11 is 12.4. The van der Waals surface area contributed by atoms with Gasteiger partial charge in [0.25, 0.3) is 0 Å². The van der Waals surface area contributed by atoms with Gasteiger partial charge in [0.05, 0.1) is 15.6 Å². The van der Waals surface area contributed by atoms with E-state index in [4.69, 9.17) is 28.2 Å². The molecule has 5 nitrogen and oxygen atoms in total. The first-order valence-electron chi connectivity index (χ1n) is 8.16. The summed E-state index contributed by atoms with van der Waals surface area (Å²) in [5.74, 6) is 2.70. The van der Waals surface area contributed by atoms with Crippen LogP contribution in [-0.4, -0.2) is 41.1 Å². The Kier molecular flexibility index (Phi) is 4.36. The van der Waals surface area contributed by atoms with Gasteiger partial charge in [0.1, 0.15) is 17.5 Å². The Bertz CT molecular complexity index is 922. The van der Waals surface area contributed by atoms with Gasteiger partial charge in [-0.15, -0.1) is 0 Å². The molecular weight excluding hydrogens is 357 g/mol. The Hall–Kier alpha value is -2.11. The molecule has 4 rings (SSSR count). The maximum atomic E-state index is 6.32. The topological polar surface area (TPSA) is 45.2 Å². The molecule has 1 aliphatic rings. The van der Waals surface area contributed by atoms with Gasteiger partial charge in [0.2, 0.25) is 0 Å². The van der Waals surface area contributed by atoms with Crippen LogP contribution in [0, 0.1) is 6.92 Å². The van der Waals surface area contributed by atoms with E-state index in [1.165, 1.54) is 0 Å². The molecule has 1 aliphatic heterocycles. The summed E-state index contributed by atoms with van der Waals surface area (Å²) in [6.45, 7) is 5.44. The maximum absolute atomic E-state index is 6.32. The normalized spacial score (nSPS) is 15.0. The zero-order valence-electron chi connectivity index (χ0n) is 13.8. The number of pyridine rings is 1. The third-order valence-electron chi connectivity index (χ3n) is 4.43. The van der Waals surface area contributed by atoms with E-state index in [1.807, 2.05) is 31.2 Å². The average molecular weight is 374 g/mol. The molecule has 3 aromatic rings. The zero-order valence-corrected chi connectivity index (χ0v) is 15.3. The highest BCUT2D eigenvalue weighted by atomic mass is 35.5. The minimum atomic E-state index is 0.510. The molecule has 128 valence electrons. The van der Waals surface area contributed by atoms with Crippen LogP contribution in [0.15, 0.2) is 36.5 Å². The van der Waals surface area contributed by atoms with E-state index in [-0.39, 0.29) is 0 Å². The lowest BCUT2D eigenvalue weighted by Crippen LogP contribution is -2.47. The second-order valence-corrected chi connectivity index (χ2v) is 6.82. The quantitative estimate of drug-likeness (QED) is 0.679. The van der Waals surface area contributed by atoms with Crippen LogP contribution < -0.4 is 9.80 Å². The smallest absolute Gasteiger partial charge is 0.132 e. The van der Waals surface area contributed by atoms with Crippen molar-refractivity contribution in [2.75, 3.05) is 36.0 Å². The molecule has 0 amide bonds. The predicted molar refractivity (Wildman–Crippen MR) is 103 cm³/mol. The molecule has 0 radical (unpaired) electrons. The largest absolute Gasteiger partial charge is 0.353 e. The maximum Gasteiger partial charge on any atom is 0.132 e. The van der Waals surface area contributed by atoms with Crippen molar-refractivity contribution in [2.24, 2.45) is 0 Å². The fourth-order valence-corrected chi connectivity index (χ4v) is 3.45. The van der Waals surface area contributed by atoms with Gasteiger partial charge in [-0.1, -0.05) is 29.3 Å². The summed E-state index contributed by atoms with van der Waals surface area (Å²) in [7, 11) is 0. The second kappa shape index (κ2) is 6.65. The van der Waals surface area contributed by atoms with Gasteiger partial charge in [-0.2, -0.15) is 0 Å². The number of benzene rings is 1. The lowest BCUT2D eigenvalue weighted by molar-refractivity contribution is 0.641. The summed E-state index contributed by atoms with van der Waals surface area (Å²) in [6.07, 6.45) is 1.81. The second-order valence-electron chi connectivity index (χ2n) is 6.04. The minimum Gasteiger partial charge on any atom is -0.353 e. The first kappa shape index (κ1) is 16.4. The zero-order chi connectivity index (χ0) is 17.4. The minimum absolute atomic E-state index is 0.510. The Balaban J connectivity index is 1.54. The molecule has 25 heavy (non-hydrogen) atoms. The third-order valence-corrected chi connectivity index (χ3v) is 5.22. The molecule has 0 atom stereocenters. The van der Waals surface area contributed by atoms with Crippen molar-refractivity contribution in [3.8, 4) is 0 Å². The first-order valence-corrected chi connectivity index (χ1v) is 8.92. The third kappa shape index (κ3) is 3.22. The Labute approximate surface area is 156 Å². The molecule has 0 unspecified atom stereocenters. The standard InChI is InChI=1S/C18H17Cl2N5/c1-12-21-7-6-16(22-12)25-10-8-24(9-11-25)15-5-3-13-2-4-14(19)17(20)18(13)23-15/h2-7H,8-11H2,1H3. The molecule has 1 fully saturated rings. The number of aryl methyl sites for hydroxylation is 1. The van der Waals surface area contributed by atoms with Crippen LogP contribution in [-0.2, 0) is 0 Å². The summed E-state index contributed by atoms with van der Waals surface area (Å²) < 4.78 is 0. The molecule has 0 aliphatic carbocycles. The molecule has 0 bridgehead atoms. The van der Waals surface area contributed by atoms with Crippen molar-refractivity contribution in [1.29, 1.82) is 0 Å². The van der Waals surface area contributed by atoms with Gasteiger partial charge in [-0.3, -0.25) is 0 Å². The van der Waals surface area contributed by atoms with Gasteiger partial charge in [-0.25, -0.2) is 15.0 Å². The van der Waals surface area contributed by atoms with Crippen molar-refractivity contribution in [3.63, 3.8) is 0 Å². The van der Waals surface area contributed by atoms with E-state index in [0.717, 1.165) is 54.5 Å². The molecule has 7 heteroatoms. The van der Waals surface area contributed by atoms with Gasteiger partial charge in [0.15, 0.2) is 0 Å². The fraction of sp³-hybridized carbons (Fsp3) is 0.278. The molecule has 3 heterocycles. The summed E-state index contributed by atoms with van der Waals surface area (Å²) in [5, 5.41) is 2.03. The Morgan fingerprint density at radius 2 is 1.48 bits per heavy atom. The van der Waals surface area contributed by atoms with Crippen molar-refractivity contribution in [1.82, 2.24) is 15.0 Å². The van der Waals surface area contributed by atoms with E-state index < -0.39 is 0 Å². The highest BCUT2D eigenvalue weighted by molar-refractivity contribution is 6.45. The van der Waals surface area contributed by atoms with Gasteiger partial charge >= 0.3 is 0 Å². The number of anilines is 2. The van der Waals surface area contributed by atoms with E-state index in [1.54, 1.807) is 12.3 Å². The first-order chi connectivity index (χ1) is 12.1. The number of rotatable bonds is 2. The summed E-state index contributed by atoms with van der Waals surface area (Å²) in [6, 6.07) is 9.78. The number of piperazine rings is 1. The summed E-state index contributed by atoms with van der Waals surface area (Å²) in [4.78, 5) is 17.9. The molecule has 1 saturated heterocycles. The van der Waals surface area contributed by atoms with Crippen molar-refractivity contribution < 1.29 is 0 Å². The van der Waals surface area contributed by atoms with Crippen molar-refractivity contribution in [2.45, 2.75) is 6.92 Å². The number of hydrogen-bond donors (Lipinski definition) is 0. The van der Waals surface area contributed by atoms with Crippen LogP contribution in [0.5, 0.6) is 0 Å². The Morgan fingerprint density at radius 1 is 0.840 bits per heavy atom. The van der Waals surface area contributed by atoms with Gasteiger partial charge in [0, 0.05) is 37.8 Å². The van der Waals surface area contributed by atoms with Gasteiger partial charge < -0.3 is 9.80 Å². The lowest BCUT2D eigenvalue weighted by atomic mass is 10.2. The number of nitrogens with zero attached hydrogens (tertiary/aromatic N) is 5. The number of aromatic nitrogens is 3. The molecule has 0 N–H and O–H groups in total.